The van der Waals surface area contributed by atoms with Crippen LogP contribution in [-0.2, 0) is 6.61 Å². The molecule has 134 valence electrons. The van der Waals surface area contributed by atoms with Gasteiger partial charge < -0.3 is 19.6 Å². The van der Waals surface area contributed by atoms with E-state index in [1.54, 1.807) is 18.2 Å². The fourth-order valence-corrected chi connectivity index (χ4v) is 2.83. The van der Waals surface area contributed by atoms with Crippen molar-refractivity contribution < 1.29 is 14.6 Å². The van der Waals surface area contributed by atoms with Crippen LogP contribution in [0.3, 0.4) is 0 Å². The summed E-state index contributed by atoms with van der Waals surface area (Å²) in [5, 5.41) is 18.0. The minimum atomic E-state index is -0.892. The zero-order chi connectivity index (χ0) is 18.5. The van der Waals surface area contributed by atoms with E-state index < -0.39 is 6.09 Å². The number of nitriles is 1. The second-order valence-electron chi connectivity index (χ2n) is 6.04. The topological polar surface area (TPSA) is 103 Å². The van der Waals surface area contributed by atoms with Gasteiger partial charge in [-0.15, -0.1) is 0 Å². The largest absolute Gasteiger partial charge is 0.471 e. The highest BCUT2D eigenvalue weighted by Gasteiger charge is 2.27. The maximum Gasteiger partial charge on any atom is 0.407 e. The molecule has 3 rings (SSSR count). The first-order valence-corrected chi connectivity index (χ1v) is 8.26. The van der Waals surface area contributed by atoms with E-state index in [0.717, 1.165) is 5.82 Å². The fraction of sp³-hybridized carbons (Fsp3) is 0.333. The predicted molar refractivity (Wildman–Crippen MR) is 93.9 cm³/mol. The number of carbonyl (C=O) groups is 1. The van der Waals surface area contributed by atoms with Gasteiger partial charge in [-0.2, -0.15) is 10.2 Å². The summed E-state index contributed by atoms with van der Waals surface area (Å²) in [6.07, 6.45) is 0.614. The predicted octanol–water partition coefficient (Wildman–Crippen LogP) is 2.12. The molecule has 3 heterocycles. The van der Waals surface area contributed by atoms with Crippen LogP contribution in [-0.4, -0.2) is 51.7 Å². The summed E-state index contributed by atoms with van der Waals surface area (Å²) in [5.41, 5.74) is 1.21. The maximum absolute atomic E-state index is 11.2. The summed E-state index contributed by atoms with van der Waals surface area (Å²) in [6, 6.07) is 10.9. The SMILES string of the molecule is CC1CN(c2cccc(OCc3ccc(C#N)cn3)n2)CCN1C(=O)O. The average molecular weight is 353 g/mol. The van der Waals surface area contributed by atoms with Crippen molar-refractivity contribution >= 4 is 11.9 Å². The van der Waals surface area contributed by atoms with E-state index in [9.17, 15) is 4.79 Å². The van der Waals surface area contributed by atoms with Crippen molar-refractivity contribution in [3.8, 4) is 11.9 Å². The second kappa shape index (κ2) is 7.70. The number of nitrogens with zero attached hydrogens (tertiary/aromatic N) is 5. The van der Waals surface area contributed by atoms with E-state index in [-0.39, 0.29) is 12.6 Å². The average Bonchev–Trinajstić information content (AvgIpc) is 2.66. The minimum Gasteiger partial charge on any atom is -0.471 e. The molecule has 1 saturated heterocycles. The number of pyridine rings is 2. The molecule has 0 aromatic carbocycles. The molecule has 2 aromatic rings. The molecule has 1 unspecified atom stereocenters. The van der Waals surface area contributed by atoms with Crippen molar-refractivity contribution in [2.75, 3.05) is 24.5 Å². The van der Waals surface area contributed by atoms with Gasteiger partial charge in [0.2, 0.25) is 5.88 Å². The van der Waals surface area contributed by atoms with Gasteiger partial charge in [0.25, 0.3) is 0 Å². The number of aromatic nitrogens is 2. The molecule has 0 aliphatic carbocycles. The third-order valence-electron chi connectivity index (χ3n) is 4.23. The van der Waals surface area contributed by atoms with Gasteiger partial charge in [0.05, 0.1) is 11.3 Å². The second-order valence-corrected chi connectivity index (χ2v) is 6.04. The number of hydrogen-bond acceptors (Lipinski definition) is 6. The highest BCUT2D eigenvalue weighted by molar-refractivity contribution is 5.66. The molecule has 1 aliphatic heterocycles. The highest BCUT2D eigenvalue weighted by atomic mass is 16.5. The summed E-state index contributed by atoms with van der Waals surface area (Å²) >= 11 is 0. The monoisotopic (exact) mass is 353 g/mol. The lowest BCUT2D eigenvalue weighted by Gasteiger charge is -2.38. The summed E-state index contributed by atoms with van der Waals surface area (Å²) in [5.74, 6) is 1.23. The van der Waals surface area contributed by atoms with E-state index in [4.69, 9.17) is 15.1 Å². The lowest BCUT2D eigenvalue weighted by molar-refractivity contribution is 0.122. The first-order valence-electron chi connectivity index (χ1n) is 8.26. The van der Waals surface area contributed by atoms with E-state index >= 15 is 0 Å². The Morgan fingerprint density at radius 2 is 2.23 bits per heavy atom. The van der Waals surface area contributed by atoms with E-state index in [1.807, 2.05) is 25.1 Å². The van der Waals surface area contributed by atoms with Gasteiger partial charge in [-0.05, 0) is 25.1 Å². The molecule has 1 N–H and O–H groups in total. The van der Waals surface area contributed by atoms with Crippen molar-refractivity contribution in [2.45, 2.75) is 19.6 Å². The lowest BCUT2D eigenvalue weighted by atomic mass is 10.2. The van der Waals surface area contributed by atoms with E-state index in [0.29, 0.717) is 36.8 Å². The number of amides is 1. The molecule has 1 fully saturated rings. The smallest absolute Gasteiger partial charge is 0.407 e. The molecule has 1 amide bonds. The van der Waals surface area contributed by atoms with Crippen molar-refractivity contribution in [1.29, 1.82) is 5.26 Å². The molecule has 0 spiro atoms. The van der Waals surface area contributed by atoms with Gasteiger partial charge >= 0.3 is 6.09 Å². The molecule has 0 bridgehead atoms. The van der Waals surface area contributed by atoms with Crippen LogP contribution in [0.15, 0.2) is 36.5 Å². The Bertz CT molecular complexity index is 818. The van der Waals surface area contributed by atoms with Gasteiger partial charge in [-0.25, -0.2) is 4.79 Å². The number of anilines is 1. The number of ether oxygens (including phenoxy) is 1. The number of carboxylic acid groups (broad SMARTS) is 1. The first kappa shape index (κ1) is 17.5. The summed E-state index contributed by atoms with van der Waals surface area (Å²) < 4.78 is 5.70. The van der Waals surface area contributed by atoms with E-state index in [1.165, 1.54) is 11.1 Å². The summed E-state index contributed by atoms with van der Waals surface area (Å²) in [6.45, 7) is 3.76. The van der Waals surface area contributed by atoms with Gasteiger partial charge in [0.1, 0.15) is 18.5 Å². The van der Waals surface area contributed by atoms with Crippen molar-refractivity contribution in [1.82, 2.24) is 14.9 Å². The Morgan fingerprint density at radius 3 is 2.88 bits per heavy atom. The third kappa shape index (κ3) is 4.00. The van der Waals surface area contributed by atoms with Gasteiger partial charge in [-0.3, -0.25) is 4.98 Å². The number of piperazine rings is 1. The minimum absolute atomic E-state index is 0.101. The molecule has 8 heteroatoms. The Kier molecular flexibility index (Phi) is 5.17. The zero-order valence-electron chi connectivity index (χ0n) is 14.4. The van der Waals surface area contributed by atoms with Crippen molar-refractivity contribution in [3.63, 3.8) is 0 Å². The molecule has 1 atom stereocenters. The Morgan fingerprint density at radius 1 is 1.38 bits per heavy atom. The molecule has 8 nitrogen and oxygen atoms in total. The van der Waals surface area contributed by atoms with Crippen molar-refractivity contribution in [3.05, 3.63) is 47.8 Å². The molecule has 2 aromatic heterocycles. The van der Waals surface area contributed by atoms with Crippen LogP contribution in [0.2, 0.25) is 0 Å². The number of rotatable bonds is 4. The molecule has 0 saturated carbocycles. The van der Waals surface area contributed by atoms with Crippen molar-refractivity contribution in [2.24, 2.45) is 0 Å². The van der Waals surface area contributed by atoms with Crippen LogP contribution >= 0.6 is 0 Å². The molecule has 1 aliphatic rings. The zero-order valence-corrected chi connectivity index (χ0v) is 14.4. The van der Waals surface area contributed by atoms with Crippen LogP contribution in [0.25, 0.3) is 0 Å². The molecular formula is C18H19N5O3. The van der Waals surface area contributed by atoms with Gasteiger partial charge in [0, 0.05) is 37.9 Å². The Labute approximate surface area is 151 Å². The molecule has 26 heavy (non-hydrogen) atoms. The van der Waals surface area contributed by atoms with Gasteiger partial charge in [0.15, 0.2) is 0 Å². The maximum atomic E-state index is 11.2. The standard InChI is InChI=1S/C18H19N5O3/c1-13-11-22(7-8-23(13)18(24)25)16-3-2-4-17(21-16)26-12-15-6-5-14(9-19)10-20-15/h2-6,10,13H,7-8,11-12H2,1H3,(H,24,25). The summed E-state index contributed by atoms with van der Waals surface area (Å²) in [7, 11) is 0. The first-order chi connectivity index (χ1) is 12.6. The van der Waals surface area contributed by atoms with Crippen LogP contribution in [0.4, 0.5) is 10.6 Å². The summed E-state index contributed by atoms with van der Waals surface area (Å²) in [4.78, 5) is 23.3. The lowest BCUT2D eigenvalue weighted by Crippen LogP contribution is -2.53. The highest BCUT2D eigenvalue weighted by Crippen LogP contribution is 2.20. The normalized spacial score (nSPS) is 16.8. The molecular weight excluding hydrogens is 334 g/mol. The van der Waals surface area contributed by atoms with Crippen LogP contribution in [0, 0.1) is 11.3 Å². The quantitative estimate of drug-likeness (QED) is 0.898. The van der Waals surface area contributed by atoms with Crippen LogP contribution in [0.5, 0.6) is 5.88 Å². The van der Waals surface area contributed by atoms with Gasteiger partial charge in [-0.1, -0.05) is 6.07 Å². The molecule has 0 radical (unpaired) electrons. The number of hydrogen-bond donors (Lipinski definition) is 1. The van der Waals surface area contributed by atoms with Crippen LogP contribution < -0.4 is 9.64 Å². The third-order valence-corrected chi connectivity index (χ3v) is 4.23. The van der Waals surface area contributed by atoms with Crippen LogP contribution in [0.1, 0.15) is 18.2 Å². The Hall–Kier alpha value is -3.34. The van der Waals surface area contributed by atoms with E-state index in [2.05, 4.69) is 14.9 Å². The fourth-order valence-electron chi connectivity index (χ4n) is 2.83. The Balaban J connectivity index is 1.63.